The predicted molar refractivity (Wildman–Crippen MR) is 109 cm³/mol. The van der Waals surface area contributed by atoms with Gasteiger partial charge in [-0.05, 0) is 53.9 Å². The minimum Gasteiger partial charge on any atom is -0.322 e. The number of hydrogen-bond acceptors (Lipinski definition) is 3. The van der Waals surface area contributed by atoms with Gasteiger partial charge in [-0.2, -0.15) is 4.31 Å². The molecule has 0 saturated carbocycles. The topological polar surface area (TPSA) is 66.5 Å². The lowest BCUT2D eigenvalue weighted by Gasteiger charge is -2.28. The summed E-state index contributed by atoms with van der Waals surface area (Å²) in [5.74, 6) is -1.14. The first-order valence-corrected chi connectivity index (χ1v) is 10.6. The summed E-state index contributed by atoms with van der Waals surface area (Å²) in [5.41, 5.74) is 2.31. The Labute approximate surface area is 168 Å². The van der Waals surface area contributed by atoms with Crippen LogP contribution >= 0.6 is 0 Å². The second kappa shape index (κ2) is 7.77. The Morgan fingerprint density at radius 2 is 1.66 bits per heavy atom. The van der Waals surface area contributed by atoms with Gasteiger partial charge in [0.15, 0.2) is 0 Å². The number of nitrogens with zero attached hydrogens (tertiary/aromatic N) is 1. The molecule has 1 heterocycles. The van der Waals surface area contributed by atoms with E-state index >= 15 is 0 Å². The van der Waals surface area contributed by atoms with E-state index in [0.29, 0.717) is 18.7 Å². The summed E-state index contributed by atoms with van der Waals surface area (Å²) in [6.45, 7) is 0.612. The molecule has 7 heteroatoms. The van der Waals surface area contributed by atoms with Crippen molar-refractivity contribution in [3.05, 3.63) is 95.3 Å². The number of carbonyl (C=O) groups is 1. The minimum atomic E-state index is -3.59. The molecule has 0 fully saturated rings. The molecule has 148 valence electrons. The lowest BCUT2D eigenvalue weighted by molar-refractivity contribution is 0.102. The molecule has 0 bridgehead atoms. The summed E-state index contributed by atoms with van der Waals surface area (Å²) in [6, 6.07) is 19.5. The van der Waals surface area contributed by atoms with E-state index in [1.807, 2.05) is 6.07 Å². The van der Waals surface area contributed by atoms with Crippen molar-refractivity contribution >= 4 is 21.6 Å². The van der Waals surface area contributed by atoms with Crippen molar-refractivity contribution < 1.29 is 17.6 Å². The maximum absolute atomic E-state index is 13.8. The molecule has 0 spiro atoms. The first kappa shape index (κ1) is 19.3. The van der Waals surface area contributed by atoms with Crippen LogP contribution in [0.5, 0.6) is 0 Å². The van der Waals surface area contributed by atoms with Crippen LogP contribution in [0.25, 0.3) is 0 Å². The Morgan fingerprint density at radius 3 is 2.41 bits per heavy atom. The SMILES string of the molecule is O=C(Nc1ccc2c(c1)CN(S(=O)(=O)c1ccccc1)CC2)c1ccccc1F. The molecular weight excluding hydrogens is 391 g/mol. The monoisotopic (exact) mass is 410 g/mol. The van der Waals surface area contributed by atoms with Gasteiger partial charge < -0.3 is 5.32 Å². The van der Waals surface area contributed by atoms with E-state index < -0.39 is 21.7 Å². The number of nitrogens with one attached hydrogen (secondary N) is 1. The van der Waals surface area contributed by atoms with E-state index in [0.717, 1.165) is 11.1 Å². The van der Waals surface area contributed by atoms with Crippen LogP contribution in [0.1, 0.15) is 21.5 Å². The Kier molecular flexibility index (Phi) is 5.17. The molecule has 4 rings (SSSR count). The molecule has 0 aliphatic carbocycles. The van der Waals surface area contributed by atoms with E-state index in [1.165, 1.54) is 22.5 Å². The maximum atomic E-state index is 13.8. The molecule has 0 unspecified atom stereocenters. The Hall–Kier alpha value is -3.03. The normalized spacial score (nSPS) is 14.2. The van der Waals surface area contributed by atoms with E-state index in [1.54, 1.807) is 48.5 Å². The first-order chi connectivity index (χ1) is 13.9. The third kappa shape index (κ3) is 3.92. The number of carbonyl (C=O) groups excluding carboxylic acids is 1. The van der Waals surface area contributed by atoms with Crippen LogP contribution < -0.4 is 5.32 Å². The van der Waals surface area contributed by atoms with Crippen molar-refractivity contribution in [2.24, 2.45) is 0 Å². The predicted octanol–water partition coefficient (Wildman–Crippen LogP) is 3.83. The van der Waals surface area contributed by atoms with Crippen LogP contribution in [-0.4, -0.2) is 25.2 Å². The van der Waals surface area contributed by atoms with Crippen molar-refractivity contribution in [2.75, 3.05) is 11.9 Å². The fraction of sp³-hybridized carbons (Fsp3) is 0.136. The molecule has 0 radical (unpaired) electrons. The number of benzene rings is 3. The summed E-state index contributed by atoms with van der Waals surface area (Å²) in [4.78, 5) is 12.6. The van der Waals surface area contributed by atoms with Crippen LogP contribution in [-0.2, 0) is 23.0 Å². The zero-order valence-electron chi connectivity index (χ0n) is 15.5. The summed E-state index contributed by atoms with van der Waals surface area (Å²) in [5, 5.41) is 2.69. The average Bonchev–Trinajstić information content (AvgIpc) is 2.74. The number of hydrogen-bond donors (Lipinski definition) is 1. The number of sulfonamides is 1. The quantitative estimate of drug-likeness (QED) is 0.711. The van der Waals surface area contributed by atoms with Gasteiger partial charge in [-0.25, -0.2) is 12.8 Å². The molecule has 0 atom stereocenters. The van der Waals surface area contributed by atoms with Gasteiger partial charge in [0.25, 0.3) is 5.91 Å². The van der Waals surface area contributed by atoms with Crippen molar-refractivity contribution in [1.82, 2.24) is 4.31 Å². The number of anilines is 1. The van der Waals surface area contributed by atoms with Crippen LogP contribution in [0.15, 0.2) is 77.7 Å². The number of rotatable bonds is 4. The molecule has 3 aromatic rings. The molecular formula is C22H19FN2O3S. The van der Waals surface area contributed by atoms with Gasteiger partial charge in [-0.15, -0.1) is 0 Å². The van der Waals surface area contributed by atoms with Gasteiger partial charge in [0.2, 0.25) is 10.0 Å². The van der Waals surface area contributed by atoms with Crippen molar-refractivity contribution in [3.63, 3.8) is 0 Å². The van der Waals surface area contributed by atoms with Gasteiger partial charge in [-0.1, -0.05) is 36.4 Å². The van der Waals surface area contributed by atoms with E-state index in [4.69, 9.17) is 0 Å². The molecule has 1 aliphatic rings. The highest BCUT2D eigenvalue weighted by molar-refractivity contribution is 7.89. The Morgan fingerprint density at radius 1 is 0.931 bits per heavy atom. The van der Waals surface area contributed by atoms with Crippen molar-refractivity contribution in [3.8, 4) is 0 Å². The van der Waals surface area contributed by atoms with Gasteiger partial charge >= 0.3 is 0 Å². The van der Waals surface area contributed by atoms with Gasteiger partial charge in [0.05, 0.1) is 10.5 Å². The number of fused-ring (bicyclic) bond motifs is 1. The minimum absolute atomic E-state index is 0.0431. The fourth-order valence-electron chi connectivity index (χ4n) is 3.40. The largest absolute Gasteiger partial charge is 0.322 e. The maximum Gasteiger partial charge on any atom is 0.258 e. The summed E-state index contributed by atoms with van der Waals surface area (Å²) >= 11 is 0. The van der Waals surface area contributed by atoms with Crippen LogP contribution in [0.3, 0.4) is 0 Å². The zero-order valence-corrected chi connectivity index (χ0v) is 16.3. The lowest BCUT2D eigenvalue weighted by atomic mass is 10.0. The number of halogens is 1. The highest BCUT2D eigenvalue weighted by Gasteiger charge is 2.28. The van der Waals surface area contributed by atoms with Gasteiger partial charge in [0, 0.05) is 18.8 Å². The lowest BCUT2D eigenvalue weighted by Crippen LogP contribution is -2.36. The second-order valence-corrected chi connectivity index (χ2v) is 8.76. The third-order valence-corrected chi connectivity index (χ3v) is 6.80. The van der Waals surface area contributed by atoms with E-state index in [9.17, 15) is 17.6 Å². The van der Waals surface area contributed by atoms with Crippen LogP contribution in [0, 0.1) is 5.82 Å². The highest BCUT2D eigenvalue weighted by atomic mass is 32.2. The highest BCUT2D eigenvalue weighted by Crippen LogP contribution is 2.27. The molecule has 0 aromatic heterocycles. The summed E-state index contributed by atoms with van der Waals surface area (Å²) < 4.78 is 41.1. The third-order valence-electron chi connectivity index (χ3n) is 4.94. The van der Waals surface area contributed by atoms with E-state index in [2.05, 4.69) is 5.32 Å². The molecule has 1 amide bonds. The molecule has 29 heavy (non-hydrogen) atoms. The van der Waals surface area contributed by atoms with Gasteiger partial charge in [-0.3, -0.25) is 4.79 Å². The Bertz CT molecular complexity index is 1160. The first-order valence-electron chi connectivity index (χ1n) is 9.18. The van der Waals surface area contributed by atoms with Crippen LogP contribution in [0.2, 0.25) is 0 Å². The Balaban J connectivity index is 1.56. The van der Waals surface area contributed by atoms with Crippen LogP contribution in [0.4, 0.5) is 10.1 Å². The van der Waals surface area contributed by atoms with E-state index in [-0.39, 0.29) is 17.0 Å². The fourth-order valence-corrected chi connectivity index (χ4v) is 4.84. The number of amides is 1. The van der Waals surface area contributed by atoms with Crippen molar-refractivity contribution in [2.45, 2.75) is 17.9 Å². The second-order valence-electron chi connectivity index (χ2n) is 6.82. The molecule has 5 nitrogen and oxygen atoms in total. The molecule has 1 N–H and O–H groups in total. The van der Waals surface area contributed by atoms with Crippen molar-refractivity contribution in [1.29, 1.82) is 0 Å². The molecule has 3 aromatic carbocycles. The van der Waals surface area contributed by atoms with Gasteiger partial charge in [0.1, 0.15) is 5.82 Å². The molecule has 0 saturated heterocycles. The molecule has 1 aliphatic heterocycles. The summed E-state index contributed by atoms with van der Waals surface area (Å²) in [7, 11) is -3.59. The smallest absolute Gasteiger partial charge is 0.258 e. The average molecular weight is 410 g/mol. The summed E-state index contributed by atoms with van der Waals surface area (Å²) in [6.07, 6.45) is 0.586. The zero-order chi connectivity index (χ0) is 20.4. The standard InChI is InChI=1S/C22H19FN2O3S/c23-21-9-5-4-8-20(21)22(26)24-18-11-10-16-12-13-25(15-17(16)14-18)29(27,28)19-6-2-1-3-7-19/h1-11,14H,12-13,15H2,(H,24,26).